The average molecular weight is 531 g/mol. The van der Waals surface area contributed by atoms with Crippen LogP contribution >= 0.6 is 12.2 Å². The third-order valence-corrected chi connectivity index (χ3v) is 6.68. The van der Waals surface area contributed by atoms with Crippen molar-refractivity contribution in [3.63, 3.8) is 0 Å². The number of nitrogens with one attached hydrogen (secondary N) is 2. The molecule has 0 saturated carbocycles. The average Bonchev–Trinajstić information content (AvgIpc) is 3.53. The van der Waals surface area contributed by atoms with Crippen molar-refractivity contribution in [1.29, 1.82) is 0 Å². The molecular formula is C27H23FN6O3S. The summed E-state index contributed by atoms with van der Waals surface area (Å²) < 4.78 is 15.9. The van der Waals surface area contributed by atoms with E-state index in [4.69, 9.17) is 12.2 Å². The standard InChI is InChI=1S/C27H23FN6O3S/c28-20-9-1-2-10-21(20)30-24(35)13-16-33-26(25(31-27(33)38)22-11-3-4-14-29-22)23-12-6-15-32(23)18-7-5-8-19(17-18)34(36)37/h1-12,14-15,17,25-26H,13,16H2,(H,30,35)(H,31,38)/t25-,26+/m1/s1. The van der Waals surface area contributed by atoms with E-state index in [1.54, 1.807) is 30.5 Å². The van der Waals surface area contributed by atoms with Crippen LogP contribution in [0.1, 0.15) is 29.9 Å². The third kappa shape index (κ3) is 5.09. The van der Waals surface area contributed by atoms with Crippen molar-refractivity contribution in [3.8, 4) is 5.69 Å². The lowest BCUT2D eigenvalue weighted by molar-refractivity contribution is -0.384. The normalized spacial score (nSPS) is 16.8. The molecule has 11 heteroatoms. The Morgan fingerprint density at radius 2 is 1.92 bits per heavy atom. The van der Waals surface area contributed by atoms with Gasteiger partial charge in [0.1, 0.15) is 5.82 Å². The molecule has 1 amide bonds. The Morgan fingerprint density at radius 1 is 1.11 bits per heavy atom. The van der Waals surface area contributed by atoms with Crippen LogP contribution in [0.5, 0.6) is 0 Å². The predicted octanol–water partition coefficient (Wildman–Crippen LogP) is 4.92. The molecule has 192 valence electrons. The molecule has 1 saturated heterocycles. The minimum atomic E-state index is -0.512. The smallest absolute Gasteiger partial charge is 0.271 e. The van der Waals surface area contributed by atoms with Crippen LogP contribution in [0.3, 0.4) is 0 Å². The van der Waals surface area contributed by atoms with E-state index in [1.807, 2.05) is 46.0 Å². The Labute approximate surface area is 223 Å². The SMILES string of the molecule is O=C(CCN1C(=S)N[C@H](c2ccccn2)[C@@H]1c1cccn1-c1cccc([N+](=O)[O-])c1)Nc1ccccc1F. The van der Waals surface area contributed by atoms with Gasteiger partial charge in [0.05, 0.1) is 34.1 Å². The maximum absolute atomic E-state index is 14.0. The van der Waals surface area contributed by atoms with Crippen molar-refractivity contribution in [1.82, 2.24) is 19.8 Å². The van der Waals surface area contributed by atoms with E-state index in [-0.39, 0.29) is 42.3 Å². The first-order valence-electron chi connectivity index (χ1n) is 11.9. The summed E-state index contributed by atoms with van der Waals surface area (Å²) >= 11 is 5.68. The fourth-order valence-electron chi connectivity index (χ4n) is 4.59. The Hall–Kier alpha value is -4.64. The molecule has 4 aromatic rings. The molecule has 1 fully saturated rings. The summed E-state index contributed by atoms with van der Waals surface area (Å²) in [5.74, 6) is -0.867. The molecule has 1 aliphatic heterocycles. The second-order valence-electron chi connectivity index (χ2n) is 8.68. The van der Waals surface area contributed by atoms with Crippen LogP contribution < -0.4 is 10.6 Å². The number of carbonyl (C=O) groups excluding carboxylic acids is 1. The number of hydrogen-bond acceptors (Lipinski definition) is 5. The number of benzene rings is 2. The fourth-order valence-corrected chi connectivity index (χ4v) is 4.92. The van der Waals surface area contributed by atoms with Gasteiger partial charge < -0.3 is 20.1 Å². The largest absolute Gasteiger partial charge is 0.352 e. The van der Waals surface area contributed by atoms with Crippen LogP contribution in [0, 0.1) is 15.9 Å². The number of rotatable bonds is 8. The summed E-state index contributed by atoms with van der Waals surface area (Å²) in [4.78, 5) is 30.1. The highest BCUT2D eigenvalue weighted by Gasteiger charge is 2.41. The number of amides is 1. The number of pyridine rings is 1. The zero-order valence-corrected chi connectivity index (χ0v) is 20.8. The van der Waals surface area contributed by atoms with Gasteiger partial charge in [-0.05, 0) is 54.7 Å². The molecule has 3 heterocycles. The summed E-state index contributed by atoms with van der Waals surface area (Å²) in [6.07, 6.45) is 3.58. The van der Waals surface area contributed by atoms with Crippen LogP contribution in [-0.4, -0.2) is 36.9 Å². The van der Waals surface area contributed by atoms with Gasteiger partial charge >= 0.3 is 0 Å². The first-order chi connectivity index (χ1) is 18.4. The highest BCUT2D eigenvalue weighted by Crippen LogP contribution is 2.39. The Bertz CT molecular complexity index is 1490. The number of aromatic nitrogens is 2. The van der Waals surface area contributed by atoms with Crippen molar-refractivity contribution in [2.24, 2.45) is 0 Å². The number of halogens is 1. The minimum Gasteiger partial charge on any atom is -0.352 e. The van der Waals surface area contributed by atoms with E-state index in [1.165, 1.54) is 24.3 Å². The predicted molar refractivity (Wildman–Crippen MR) is 144 cm³/mol. The first kappa shape index (κ1) is 25.0. The zero-order valence-electron chi connectivity index (χ0n) is 20.0. The van der Waals surface area contributed by atoms with E-state index < -0.39 is 10.7 Å². The lowest BCUT2D eigenvalue weighted by Gasteiger charge is -2.28. The van der Waals surface area contributed by atoms with Crippen LogP contribution in [0.2, 0.25) is 0 Å². The van der Waals surface area contributed by atoms with Gasteiger partial charge in [0, 0.05) is 43.2 Å². The number of anilines is 1. The van der Waals surface area contributed by atoms with E-state index in [0.717, 1.165) is 11.4 Å². The molecule has 2 N–H and O–H groups in total. The molecule has 38 heavy (non-hydrogen) atoms. The van der Waals surface area contributed by atoms with E-state index in [2.05, 4.69) is 15.6 Å². The van der Waals surface area contributed by atoms with Crippen LogP contribution in [0.4, 0.5) is 15.8 Å². The lowest BCUT2D eigenvalue weighted by atomic mass is 10.0. The summed E-state index contributed by atoms with van der Waals surface area (Å²) in [5, 5.41) is 17.8. The van der Waals surface area contributed by atoms with Crippen molar-refractivity contribution in [3.05, 3.63) is 119 Å². The van der Waals surface area contributed by atoms with Crippen molar-refractivity contribution < 1.29 is 14.1 Å². The summed E-state index contributed by atoms with van der Waals surface area (Å²) in [7, 11) is 0. The highest BCUT2D eigenvalue weighted by molar-refractivity contribution is 7.80. The van der Waals surface area contributed by atoms with Gasteiger partial charge in [-0.15, -0.1) is 0 Å². The van der Waals surface area contributed by atoms with E-state index >= 15 is 0 Å². The minimum absolute atomic E-state index is 0.0230. The molecule has 2 aromatic heterocycles. The van der Waals surface area contributed by atoms with Gasteiger partial charge in [-0.3, -0.25) is 19.9 Å². The number of nitro benzene ring substituents is 1. The van der Waals surface area contributed by atoms with Crippen molar-refractivity contribution in [2.45, 2.75) is 18.5 Å². The monoisotopic (exact) mass is 530 g/mol. The van der Waals surface area contributed by atoms with Gasteiger partial charge in [-0.1, -0.05) is 24.3 Å². The lowest BCUT2D eigenvalue weighted by Crippen LogP contribution is -2.33. The van der Waals surface area contributed by atoms with Gasteiger partial charge in [0.25, 0.3) is 5.69 Å². The zero-order chi connectivity index (χ0) is 26.6. The summed E-state index contributed by atoms with van der Waals surface area (Å²) in [6, 6.07) is 21.0. The van der Waals surface area contributed by atoms with Crippen LogP contribution in [0.25, 0.3) is 5.69 Å². The molecule has 9 nitrogen and oxygen atoms in total. The number of nitrogens with zero attached hydrogens (tertiary/aromatic N) is 4. The molecule has 0 bridgehead atoms. The number of non-ortho nitro benzene ring substituents is 1. The van der Waals surface area contributed by atoms with Crippen LogP contribution in [-0.2, 0) is 4.79 Å². The van der Waals surface area contributed by atoms with Crippen LogP contribution in [0.15, 0.2) is 91.3 Å². The first-order valence-corrected chi connectivity index (χ1v) is 12.3. The van der Waals surface area contributed by atoms with Gasteiger partial charge in [0.15, 0.2) is 5.11 Å². The van der Waals surface area contributed by atoms with Crippen molar-refractivity contribution >= 4 is 34.6 Å². The molecule has 0 spiro atoms. The van der Waals surface area contributed by atoms with Gasteiger partial charge in [-0.2, -0.15) is 0 Å². The molecule has 5 rings (SSSR count). The topological polar surface area (TPSA) is 105 Å². The number of carbonyl (C=O) groups is 1. The Kier molecular flexibility index (Phi) is 7.09. The molecule has 1 aliphatic rings. The highest BCUT2D eigenvalue weighted by atomic mass is 32.1. The number of thiocarbonyl (C=S) groups is 1. The number of nitro groups is 1. The third-order valence-electron chi connectivity index (χ3n) is 6.33. The van der Waals surface area contributed by atoms with Crippen molar-refractivity contribution in [2.75, 3.05) is 11.9 Å². The van der Waals surface area contributed by atoms with Gasteiger partial charge in [-0.25, -0.2) is 4.39 Å². The fraction of sp³-hybridized carbons (Fsp3) is 0.148. The summed E-state index contributed by atoms with van der Waals surface area (Å²) in [5.41, 5.74) is 2.27. The molecule has 0 aliphatic carbocycles. The maximum atomic E-state index is 14.0. The number of hydrogen-bond donors (Lipinski definition) is 2. The Balaban J connectivity index is 1.47. The molecule has 0 radical (unpaired) electrons. The molecule has 2 atom stereocenters. The van der Waals surface area contributed by atoms with E-state index in [9.17, 15) is 19.3 Å². The molecule has 2 aromatic carbocycles. The molecular weight excluding hydrogens is 507 g/mol. The number of para-hydroxylation sites is 1. The summed E-state index contributed by atoms with van der Waals surface area (Å²) in [6.45, 7) is 0.250. The van der Waals surface area contributed by atoms with Gasteiger partial charge in [0.2, 0.25) is 5.91 Å². The second-order valence-corrected chi connectivity index (χ2v) is 9.06. The second kappa shape index (κ2) is 10.8. The maximum Gasteiger partial charge on any atom is 0.271 e. The van der Waals surface area contributed by atoms with E-state index in [0.29, 0.717) is 10.8 Å². The Morgan fingerprint density at radius 3 is 2.68 bits per heavy atom. The molecule has 0 unspecified atom stereocenters. The quantitative estimate of drug-likeness (QED) is 0.189.